The van der Waals surface area contributed by atoms with Gasteiger partial charge in [0.15, 0.2) is 11.6 Å². The summed E-state index contributed by atoms with van der Waals surface area (Å²) in [5.41, 5.74) is 0.697. The summed E-state index contributed by atoms with van der Waals surface area (Å²) in [7, 11) is 1.49. The molecule has 108 valence electrons. The summed E-state index contributed by atoms with van der Waals surface area (Å²) in [6, 6.07) is 5.33. The second-order valence-corrected chi connectivity index (χ2v) is 5.47. The van der Waals surface area contributed by atoms with Crippen molar-refractivity contribution in [2.24, 2.45) is 5.41 Å². The Morgan fingerprint density at radius 2 is 2.05 bits per heavy atom. The van der Waals surface area contributed by atoms with Crippen molar-refractivity contribution in [2.75, 3.05) is 13.0 Å². The molecule has 1 nitrogen and oxygen atoms in total. The lowest BCUT2D eigenvalue weighted by Gasteiger charge is -2.31. The molecule has 3 heteroatoms. The molecule has 0 fully saturated rings. The molecule has 0 aliphatic carbocycles. The van der Waals surface area contributed by atoms with Gasteiger partial charge in [0.2, 0.25) is 0 Å². The molecule has 1 unspecified atom stereocenters. The van der Waals surface area contributed by atoms with Crippen LogP contribution in [-0.4, -0.2) is 13.0 Å². The van der Waals surface area contributed by atoms with Gasteiger partial charge in [-0.05, 0) is 36.3 Å². The number of methoxy groups -OCH3 is 1. The van der Waals surface area contributed by atoms with Crippen molar-refractivity contribution < 1.29 is 9.13 Å². The number of ether oxygens (including phenoxy) is 1. The normalized spacial score (nSPS) is 14.2. The fraction of sp³-hybridized carbons (Fsp3) is 0.625. The highest BCUT2D eigenvalue weighted by Gasteiger charge is 2.28. The second kappa shape index (κ2) is 7.74. The van der Waals surface area contributed by atoms with Gasteiger partial charge in [0.05, 0.1) is 7.11 Å². The van der Waals surface area contributed by atoms with Crippen LogP contribution in [-0.2, 0) is 6.42 Å². The minimum absolute atomic E-state index is 0.00916. The first kappa shape index (κ1) is 16.3. The first-order chi connectivity index (χ1) is 9.12. The zero-order chi connectivity index (χ0) is 14.3. The fourth-order valence-electron chi connectivity index (χ4n) is 2.40. The third-order valence-electron chi connectivity index (χ3n) is 3.92. The van der Waals surface area contributed by atoms with Crippen LogP contribution >= 0.6 is 11.6 Å². The molecular formula is C16H24ClFO. The lowest BCUT2D eigenvalue weighted by molar-refractivity contribution is 0.274. The SMILES string of the molecule is CCCCC(CC)(CCl)Cc1cccc(OC)c1F. The Balaban J connectivity index is 2.96. The molecule has 0 radical (unpaired) electrons. The van der Waals surface area contributed by atoms with Crippen molar-refractivity contribution in [3.8, 4) is 5.75 Å². The van der Waals surface area contributed by atoms with Crippen molar-refractivity contribution in [3.63, 3.8) is 0 Å². The monoisotopic (exact) mass is 286 g/mol. The highest BCUT2D eigenvalue weighted by molar-refractivity contribution is 6.18. The third-order valence-corrected chi connectivity index (χ3v) is 4.49. The van der Waals surface area contributed by atoms with Crippen molar-refractivity contribution in [3.05, 3.63) is 29.6 Å². The topological polar surface area (TPSA) is 9.23 Å². The van der Waals surface area contributed by atoms with E-state index in [1.165, 1.54) is 7.11 Å². The molecule has 0 aromatic heterocycles. The number of unbranched alkanes of at least 4 members (excludes halogenated alkanes) is 1. The van der Waals surface area contributed by atoms with E-state index in [9.17, 15) is 4.39 Å². The third kappa shape index (κ3) is 4.10. The zero-order valence-corrected chi connectivity index (χ0v) is 12.9. The maximum atomic E-state index is 14.2. The van der Waals surface area contributed by atoms with Gasteiger partial charge in [0.1, 0.15) is 0 Å². The molecule has 1 aromatic rings. The van der Waals surface area contributed by atoms with Crippen LogP contribution in [0.15, 0.2) is 18.2 Å². The maximum absolute atomic E-state index is 14.2. The van der Waals surface area contributed by atoms with Crippen LogP contribution in [0.5, 0.6) is 5.75 Å². The molecule has 0 aliphatic rings. The molecule has 0 amide bonds. The lowest BCUT2D eigenvalue weighted by Crippen LogP contribution is -2.25. The summed E-state index contributed by atoms with van der Waals surface area (Å²) in [5.74, 6) is 0.636. The van der Waals surface area contributed by atoms with Gasteiger partial charge in [0.25, 0.3) is 0 Å². The molecule has 0 N–H and O–H groups in total. The van der Waals surface area contributed by atoms with Crippen LogP contribution < -0.4 is 4.74 Å². The average molecular weight is 287 g/mol. The largest absolute Gasteiger partial charge is 0.494 e. The van der Waals surface area contributed by atoms with Crippen LogP contribution in [0.3, 0.4) is 0 Å². The Morgan fingerprint density at radius 1 is 1.32 bits per heavy atom. The minimum atomic E-state index is -0.246. The first-order valence-corrected chi connectivity index (χ1v) is 7.53. The summed E-state index contributed by atoms with van der Waals surface area (Å²) >= 11 is 6.18. The Hall–Kier alpha value is -0.760. The van der Waals surface area contributed by atoms with E-state index in [2.05, 4.69) is 13.8 Å². The number of hydrogen-bond acceptors (Lipinski definition) is 1. The van der Waals surface area contributed by atoms with E-state index < -0.39 is 0 Å². The quantitative estimate of drug-likeness (QED) is 0.597. The summed E-state index contributed by atoms with van der Waals surface area (Å²) in [6.45, 7) is 4.30. The molecule has 19 heavy (non-hydrogen) atoms. The van der Waals surface area contributed by atoms with Gasteiger partial charge in [-0.3, -0.25) is 0 Å². The smallest absolute Gasteiger partial charge is 0.168 e. The Labute approximate surface area is 121 Å². The second-order valence-electron chi connectivity index (χ2n) is 5.20. The minimum Gasteiger partial charge on any atom is -0.494 e. The van der Waals surface area contributed by atoms with Crippen molar-refractivity contribution in [1.82, 2.24) is 0 Å². The van der Waals surface area contributed by atoms with E-state index >= 15 is 0 Å². The fourth-order valence-corrected chi connectivity index (χ4v) is 2.82. The first-order valence-electron chi connectivity index (χ1n) is 6.99. The molecular weight excluding hydrogens is 263 g/mol. The Kier molecular flexibility index (Phi) is 6.64. The van der Waals surface area contributed by atoms with E-state index in [1.807, 2.05) is 12.1 Å². The maximum Gasteiger partial charge on any atom is 0.168 e. The molecule has 0 saturated carbocycles. The lowest BCUT2D eigenvalue weighted by atomic mass is 9.77. The molecule has 1 atom stereocenters. The Morgan fingerprint density at radius 3 is 2.58 bits per heavy atom. The number of alkyl halides is 1. The van der Waals surface area contributed by atoms with Gasteiger partial charge in [-0.25, -0.2) is 4.39 Å². The van der Waals surface area contributed by atoms with E-state index in [1.54, 1.807) is 6.07 Å². The van der Waals surface area contributed by atoms with E-state index in [0.717, 1.165) is 25.7 Å². The molecule has 0 aliphatic heterocycles. The van der Waals surface area contributed by atoms with Crippen molar-refractivity contribution >= 4 is 11.6 Å². The molecule has 1 rings (SSSR count). The molecule has 0 spiro atoms. The predicted octanol–water partition coefficient (Wildman–Crippen LogP) is 5.20. The van der Waals surface area contributed by atoms with Gasteiger partial charge in [-0.2, -0.15) is 0 Å². The highest BCUT2D eigenvalue weighted by atomic mass is 35.5. The van der Waals surface area contributed by atoms with E-state index in [-0.39, 0.29) is 11.2 Å². The van der Waals surface area contributed by atoms with Crippen LogP contribution in [0.2, 0.25) is 0 Å². The standard InChI is InChI=1S/C16H24ClFO/c1-4-6-10-16(5-2,12-17)11-13-8-7-9-14(19-3)15(13)18/h7-9H,4-6,10-12H2,1-3H3. The van der Waals surface area contributed by atoms with Gasteiger partial charge in [-0.15, -0.1) is 11.6 Å². The highest BCUT2D eigenvalue weighted by Crippen LogP contribution is 2.36. The van der Waals surface area contributed by atoms with Gasteiger partial charge < -0.3 is 4.74 Å². The van der Waals surface area contributed by atoms with Crippen LogP contribution in [0.25, 0.3) is 0 Å². The Bertz CT molecular complexity index is 388. The van der Waals surface area contributed by atoms with Gasteiger partial charge in [0, 0.05) is 5.88 Å². The molecule has 0 heterocycles. The molecule has 0 bridgehead atoms. The molecule has 1 aromatic carbocycles. The summed E-state index contributed by atoms with van der Waals surface area (Å²) in [5, 5.41) is 0. The van der Waals surface area contributed by atoms with Crippen molar-refractivity contribution in [2.45, 2.75) is 46.0 Å². The number of rotatable bonds is 8. The predicted molar refractivity (Wildman–Crippen MR) is 79.6 cm³/mol. The van der Waals surface area contributed by atoms with Crippen LogP contribution in [0.4, 0.5) is 4.39 Å². The van der Waals surface area contributed by atoms with Gasteiger partial charge in [-0.1, -0.05) is 38.8 Å². The molecule has 0 saturated heterocycles. The van der Waals surface area contributed by atoms with Crippen LogP contribution in [0, 0.1) is 11.2 Å². The van der Waals surface area contributed by atoms with Crippen LogP contribution in [0.1, 0.15) is 45.1 Å². The zero-order valence-electron chi connectivity index (χ0n) is 12.1. The van der Waals surface area contributed by atoms with E-state index in [0.29, 0.717) is 23.6 Å². The summed E-state index contributed by atoms with van der Waals surface area (Å²) in [4.78, 5) is 0. The summed E-state index contributed by atoms with van der Waals surface area (Å²) < 4.78 is 19.3. The average Bonchev–Trinajstić information content (AvgIpc) is 2.45. The number of hydrogen-bond donors (Lipinski definition) is 0. The van der Waals surface area contributed by atoms with E-state index in [4.69, 9.17) is 16.3 Å². The number of benzene rings is 1. The number of halogens is 2. The van der Waals surface area contributed by atoms with Crippen molar-refractivity contribution in [1.29, 1.82) is 0 Å². The van der Waals surface area contributed by atoms with Gasteiger partial charge >= 0.3 is 0 Å². The summed E-state index contributed by atoms with van der Waals surface area (Å²) in [6.07, 6.45) is 4.95.